The molecule has 1 aromatic heterocycles. The van der Waals surface area contributed by atoms with Crippen molar-refractivity contribution in [2.45, 2.75) is 72.6 Å². The second-order valence-electron chi connectivity index (χ2n) is 9.01. The summed E-state index contributed by atoms with van der Waals surface area (Å²) in [5.41, 5.74) is 8.80. The number of allylic oxidation sites excluding steroid dienone is 2. The Labute approximate surface area is 152 Å². The first kappa shape index (κ1) is 18.0. The average Bonchev–Trinajstić information content (AvgIpc) is 3.07. The maximum absolute atomic E-state index is 5.38. The van der Waals surface area contributed by atoms with Crippen molar-refractivity contribution < 1.29 is 4.52 Å². The number of aryl methyl sites for hydroxylation is 1. The standard InChI is InChI=1S/C23H31NO/c1-14(2)18(12-17-9-10-24-25-17)19-13-21-20(11-15(19)3)22(5,6)16(4)23(21,7)8/h9-11,13,16H,12H2,1-8H3. The third-order valence-electron chi connectivity index (χ3n) is 6.69. The number of hydrogen-bond donors (Lipinski definition) is 0. The summed E-state index contributed by atoms with van der Waals surface area (Å²) in [7, 11) is 0. The van der Waals surface area contributed by atoms with E-state index in [1.54, 1.807) is 6.20 Å². The first-order valence-corrected chi connectivity index (χ1v) is 9.28. The lowest BCUT2D eigenvalue weighted by Crippen LogP contribution is -2.30. The largest absolute Gasteiger partial charge is 0.361 e. The normalized spacial score (nSPS) is 20.4. The zero-order valence-electron chi connectivity index (χ0n) is 16.9. The molecule has 0 radical (unpaired) electrons. The molecule has 0 fully saturated rings. The molecule has 2 heteroatoms. The summed E-state index contributed by atoms with van der Waals surface area (Å²) in [5, 5.41) is 3.86. The highest BCUT2D eigenvalue weighted by atomic mass is 16.5. The second kappa shape index (κ2) is 5.86. The molecule has 0 aliphatic heterocycles. The third-order valence-corrected chi connectivity index (χ3v) is 6.69. The fourth-order valence-corrected chi connectivity index (χ4v) is 4.52. The van der Waals surface area contributed by atoms with Gasteiger partial charge in [-0.25, -0.2) is 0 Å². The van der Waals surface area contributed by atoms with Gasteiger partial charge in [0.25, 0.3) is 0 Å². The van der Waals surface area contributed by atoms with E-state index in [9.17, 15) is 0 Å². The number of benzene rings is 1. The van der Waals surface area contributed by atoms with Gasteiger partial charge in [0.2, 0.25) is 0 Å². The highest BCUT2D eigenvalue weighted by Gasteiger charge is 2.48. The maximum atomic E-state index is 5.38. The van der Waals surface area contributed by atoms with Crippen molar-refractivity contribution in [1.29, 1.82) is 0 Å². The maximum Gasteiger partial charge on any atom is 0.141 e. The molecule has 2 nitrogen and oxygen atoms in total. The molecule has 1 atom stereocenters. The number of aromatic nitrogens is 1. The van der Waals surface area contributed by atoms with Gasteiger partial charge in [-0.05, 0) is 65.3 Å². The van der Waals surface area contributed by atoms with Gasteiger partial charge in [-0.3, -0.25) is 0 Å². The molecule has 25 heavy (non-hydrogen) atoms. The van der Waals surface area contributed by atoms with Crippen molar-refractivity contribution in [3.63, 3.8) is 0 Å². The van der Waals surface area contributed by atoms with Gasteiger partial charge in [0, 0.05) is 12.5 Å². The molecule has 3 rings (SSSR count). The van der Waals surface area contributed by atoms with Gasteiger partial charge in [0.05, 0.1) is 6.20 Å². The smallest absolute Gasteiger partial charge is 0.141 e. The van der Waals surface area contributed by atoms with Crippen molar-refractivity contribution in [3.8, 4) is 0 Å². The van der Waals surface area contributed by atoms with Crippen LogP contribution in [-0.2, 0) is 17.3 Å². The van der Waals surface area contributed by atoms with Crippen LogP contribution in [0.15, 0.2) is 34.5 Å². The van der Waals surface area contributed by atoms with Crippen LogP contribution in [0.5, 0.6) is 0 Å². The van der Waals surface area contributed by atoms with Gasteiger partial charge in [-0.15, -0.1) is 0 Å². The fraction of sp³-hybridized carbons (Fsp3) is 0.522. The van der Waals surface area contributed by atoms with Crippen molar-refractivity contribution in [2.24, 2.45) is 5.92 Å². The van der Waals surface area contributed by atoms with E-state index in [4.69, 9.17) is 4.52 Å². The number of hydrogen-bond acceptors (Lipinski definition) is 2. The number of fused-ring (bicyclic) bond motifs is 1. The van der Waals surface area contributed by atoms with Gasteiger partial charge in [-0.2, -0.15) is 0 Å². The van der Waals surface area contributed by atoms with Crippen molar-refractivity contribution in [1.82, 2.24) is 5.16 Å². The van der Waals surface area contributed by atoms with E-state index in [0.717, 1.165) is 12.2 Å². The number of rotatable bonds is 3. The number of nitrogens with zero attached hydrogens (tertiary/aromatic N) is 1. The first-order chi connectivity index (χ1) is 11.6. The quantitative estimate of drug-likeness (QED) is 0.664. The topological polar surface area (TPSA) is 26.0 Å². The zero-order valence-corrected chi connectivity index (χ0v) is 16.9. The third kappa shape index (κ3) is 2.76. The molecule has 1 aromatic carbocycles. The molecule has 0 bridgehead atoms. The monoisotopic (exact) mass is 337 g/mol. The minimum Gasteiger partial charge on any atom is -0.361 e. The van der Waals surface area contributed by atoms with Crippen LogP contribution in [-0.4, -0.2) is 5.16 Å². The molecule has 0 saturated heterocycles. The Kier molecular flexibility index (Phi) is 4.21. The second-order valence-corrected chi connectivity index (χ2v) is 9.01. The summed E-state index contributed by atoms with van der Waals surface area (Å²) < 4.78 is 5.38. The SMILES string of the molecule is CC(C)=C(Cc1ccno1)c1cc2c(cc1C)C(C)(C)C(C)C2(C)C. The van der Waals surface area contributed by atoms with E-state index in [-0.39, 0.29) is 10.8 Å². The Hall–Kier alpha value is -1.83. The minimum atomic E-state index is 0.181. The van der Waals surface area contributed by atoms with Crippen LogP contribution in [0.3, 0.4) is 0 Å². The van der Waals surface area contributed by atoms with Crippen LogP contribution in [0.2, 0.25) is 0 Å². The molecule has 2 aromatic rings. The lowest BCUT2D eigenvalue weighted by atomic mass is 9.71. The Balaban J connectivity index is 2.16. The van der Waals surface area contributed by atoms with Crippen molar-refractivity contribution in [3.05, 3.63) is 58.0 Å². The summed E-state index contributed by atoms with van der Waals surface area (Å²) in [5.74, 6) is 1.53. The molecule has 1 unspecified atom stereocenters. The Morgan fingerprint density at radius 2 is 1.68 bits per heavy atom. The van der Waals surface area contributed by atoms with Gasteiger partial charge in [0.15, 0.2) is 0 Å². The molecule has 0 saturated carbocycles. The highest BCUT2D eigenvalue weighted by molar-refractivity contribution is 5.74. The molecular formula is C23H31NO. The minimum absolute atomic E-state index is 0.181. The van der Waals surface area contributed by atoms with Crippen LogP contribution < -0.4 is 0 Å². The molecule has 1 aliphatic rings. The van der Waals surface area contributed by atoms with Crippen molar-refractivity contribution >= 4 is 5.57 Å². The molecule has 0 spiro atoms. The summed E-state index contributed by atoms with van der Waals surface area (Å²) >= 11 is 0. The van der Waals surface area contributed by atoms with E-state index < -0.39 is 0 Å². The Morgan fingerprint density at radius 1 is 1.08 bits per heavy atom. The Morgan fingerprint density at radius 3 is 2.20 bits per heavy atom. The van der Waals surface area contributed by atoms with Gasteiger partial charge < -0.3 is 4.52 Å². The first-order valence-electron chi connectivity index (χ1n) is 9.28. The average molecular weight is 338 g/mol. The van der Waals surface area contributed by atoms with E-state index in [1.165, 1.54) is 33.4 Å². The van der Waals surface area contributed by atoms with Crippen molar-refractivity contribution in [2.75, 3.05) is 0 Å². The lowest BCUT2D eigenvalue weighted by Gasteiger charge is -2.32. The van der Waals surface area contributed by atoms with Crippen LogP contribution in [0.1, 0.15) is 76.5 Å². The van der Waals surface area contributed by atoms with E-state index in [0.29, 0.717) is 5.92 Å². The highest BCUT2D eigenvalue weighted by Crippen LogP contribution is 2.54. The van der Waals surface area contributed by atoms with E-state index >= 15 is 0 Å². The predicted molar refractivity (Wildman–Crippen MR) is 105 cm³/mol. The van der Waals surface area contributed by atoms with E-state index in [1.807, 2.05) is 6.07 Å². The van der Waals surface area contributed by atoms with Crippen LogP contribution in [0.25, 0.3) is 5.57 Å². The zero-order chi connectivity index (χ0) is 18.6. The lowest BCUT2D eigenvalue weighted by molar-refractivity contribution is 0.264. The molecular weight excluding hydrogens is 306 g/mol. The molecule has 1 heterocycles. The van der Waals surface area contributed by atoms with Crippen LogP contribution in [0.4, 0.5) is 0 Å². The van der Waals surface area contributed by atoms with Gasteiger partial charge in [-0.1, -0.05) is 57.5 Å². The summed E-state index contributed by atoms with van der Waals surface area (Å²) in [4.78, 5) is 0. The Bertz CT molecular complexity index is 818. The molecule has 0 amide bonds. The van der Waals surface area contributed by atoms with Crippen LogP contribution in [0, 0.1) is 12.8 Å². The predicted octanol–water partition coefficient (Wildman–Crippen LogP) is 6.22. The molecule has 1 aliphatic carbocycles. The fourth-order valence-electron chi connectivity index (χ4n) is 4.52. The summed E-state index contributed by atoms with van der Waals surface area (Å²) in [6.45, 7) is 18.6. The van der Waals surface area contributed by atoms with Crippen LogP contribution >= 0.6 is 0 Å². The van der Waals surface area contributed by atoms with E-state index in [2.05, 4.69) is 72.7 Å². The van der Waals surface area contributed by atoms with Gasteiger partial charge in [0.1, 0.15) is 5.76 Å². The summed E-state index contributed by atoms with van der Waals surface area (Å²) in [6, 6.07) is 6.84. The molecule has 0 N–H and O–H groups in total. The molecule has 134 valence electrons. The summed E-state index contributed by atoms with van der Waals surface area (Å²) in [6.07, 6.45) is 2.52. The van der Waals surface area contributed by atoms with Gasteiger partial charge >= 0.3 is 0 Å².